The van der Waals surface area contributed by atoms with Crippen LogP contribution in [-0.2, 0) is 16.1 Å². The van der Waals surface area contributed by atoms with Gasteiger partial charge in [0.15, 0.2) is 0 Å². The highest BCUT2D eigenvalue weighted by atomic mass is 16.5. The van der Waals surface area contributed by atoms with Gasteiger partial charge in [-0.2, -0.15) is 0 Å². The number of carbonyl (C=O) groups excluding carboxylic acids is 1. The third kappa shape index (κ3) is 2.84. The topological polar surface area (TPSA) is 64.3 Å². The molecule has 17 heavy (non-hydrogen) atoms. The van der Waals surface area contributed by atoms with Crippen LogP contribution in [0.3, 0.4) is 0 Å². The molecule has 0 radical (unpaired) electrons. The second-order valence-corrected chi connectivity index (χ2v) is 4.34. The van der Waals surface area contributed by atoms with Crippen molar-refractivity contribution < 1.29 is 9.53 Å². The van der Waals surface area contributed by atoms with Gasteiger partial charge < -0.3 is 15.8 Å². The van der Waals surface area contributed by atoms with Crippen LogP contribution in [0.4, 0.5) is 5.69 Å². The zero-order valence-corrected chi connectivity index (χ0v) is 10.0. The molecule has 0 spiro atoms. The van der Waals surface area contributed by atoms with Crippen molar-refractivity contribution in [3.63, 3.8) is 0 Å². The molecule has 92 valence electrons. The Labute approximate surface area is 101 Å². The van der Waals surface area contributed by atoms with E-state index in [1.165, 1.54) is 0 Å². The number of rotatable bonds is 3. The first kappa shape index (κ1) is 12.1. The molecule has 0 aliphatic carbocycles. The lowest BCUT2D eigenvalue weighted by Crippen LogP contribution is -2.27. The largest absolute Gasteiger partial charge is 0.368 e. The Balaban J connectivity index is 2.09. The van der Waals surface area contributed by atoms with Gasteiger partial charge in [-0.15, -0.1) is 0 Å². The summed E-state index contributed by atoms with van der Waals surface area (Å²) in [6, 6.07) is 5.85. The SMILES string of the molecule is Cc1ccc(CN)cc1NC(=O)C1CCCO1. The maximum atomic E-state index is 11.9. The Morgan fingerprint density at radius 1 is 1.59 bits per heavy atom. The highest BCUT2D eigenvalue weighted by Gasteiger charge is 2.23. The molecule has 0 saturated carbocycles. The van der Waals surface area contributed by atoms with Crippen molar-refractivity contribution in [3.05, 3.63) is 29.3 Å². The third-order valence-corrected chi connectivity index (χ3v) is 3.02. The maximum absolute atomic E-state index is 11.9. The molecule has 1 heterocycles. The first-order chi connectivity index (χ1) is 8.20. The van der Waals surface area contributed by atoms with Crippen molar-refractivity contribution in [2.24, 2.45) is 5.73 Å². The molecule has 1 fully saturated rings. The van der Waals surface area contributed by atoms with E-state index in [1.807, 2.05) is 25.1 Å². The monoisotopic (exact) mass is 234 g/mol. The summed E-state index contributed by atoms with van der Waals surface area (Å²) in [5.74, 6) is -0.0558. The summed E-state index contributed by atoms with van der Waals surface area (Å²) in [6.07, 6.45) is 1.47. The first-order valence-electron chi connectivity index (χ1n) is 5.93. The maximum Gasteiger partial charge on any atom is 0.253 e. The third-order valence-electron chi connectivity index (χ3n) is 3.02. The standard InChI is InChI=1S/C13H18N2O2/c1-9-4-5-10(8-14)7-11(9)15-13(16)12-3-2-6-17-12/h4-5,7,12H,2-3,6,8,14H2,1H3,(H,15,16). The molecule has 4 nitrogen and oxygen atoms in total. The van der Waals surface area contributed by atoms with Crippen LogP contribution in [0, 0.1) is 6.92 Å². The van der Waals surface area contributed by atoms with E-state index in [0.29, 0.717) is 13.2 Å². The number of nitrogens with one attached hydrogen (secondary N) is 1. The molecule has 2 rings (SSSR count). The first-order valence-corrected chi connectivity index (χ1v) is 5.93. The van der Waals surface area contributed by atoms with E-state index in [4.69, 9.17) is 10.5 Å². The minimum atomic E-state index is -0.295. The molecule has 1 aromatic rings. The van der Waals surface area contributed by atoms with Gasteiger partial charge in [-0.05, 0) is 37.0 Å². The normalized spacial score (nSPS) is 19.3. The number of amides is 1. The molecule has 0 bridgehead atoms. The Bertz CT molecular complexity index is 412. The van der Waals surface area contributed by atoms with Crippen LogP contribution < -0.4 is 11.1 Å². The lowest BCUT2D eigenvalue weighted by molar-refractivity contribution is -0.124. The molecule has 1 aliphatic heterocycles. The van der Waals surface area contributed by atoms with Crippen LogP contribution in [0.2, 0.25) is 0 Å². The number of aryl methyl sites for hydroxylation is 1. The highest BCUT2D eigenvalue weighted by Crippen LogP contribution is 2.19. The number of hydrogen-bond acceptors (Lipinski definition) is 3. The van der Waals surface area contributed by atoms with E-state index in [0.717, 1.165) is 29.7 Å². The van der Waals surface area contributed by atoms with E-state index < -0.39 is 0 Å². The smallest absolute Gasteiger partial charge is 0.253 e. The lowest BCUT2D eigenvalue weighted by atomic mass is 10.1. The Morgan fingerprint density at radius 3 is 3.06 bits per heavy atom. The van der Waals surface area contributed by atoms with Crippen molar-refractivity contribution in [2.45, 2.75) is 32.4 Å². The average molecular weight is 234 g/mol. The van der Waals surface area contributed by atoms with Gasteiger partial charge in [0.25, 0.3) is 5.91 Å². The quantitative estimate of drug-likeness (QED) is 0.834. The van der Waals surface area contributed by atoms with Crippen LogP contribution in [-0.4, -0.2) is 18.6 Å². The van der Waals surface area contributed by atoms with Gasteiger partial charge in [-0.1, -0.05) is 12.1 Å². The lowest BCUT2D eigenvalue weighted by Gasteiger charge is -2.13. The zero-order valence-electron chi connectivity index (χ0n) is 10.0. The molecule has 4 heteroatoms. The Kier molecular flexibility index (Phi) is 3.76. The predicted molar refractivity (Wildman–Crippen MR) is 66.7 cm³/mol. The van der Waals surface area contributed by atoms with Crippen molar-refractivity contribution in [1.29, 1.82) is 0 Å². The molecule has 1 aromatic carbocycles. The summed E-state index contributed by atoms with van der Waals surface area (Å²) < 4.78 is 5.35. The van der Waals surface area contributed by atoms with Gasteiger partial charge in [0.1, 0.15) is 6.10 Å². The average Bonchev–Trinajstić information content (AvgIpc) is 2.85. The van der Waals surface area contributed by atoms with Crippen molar-refractivity contribution >= 4 is 11.6 Å². The number of nitrogens with two attached hydrogens (primary N) is 1. The fourth-order valence-corrected chi connectivity index (χ4v) is 1.93. The summed E-state index contributed by atoms with van der Waals surface area (Å²) >= 11 is 0. The Morgan fingerprint density at radius 2 is 2.41 bits per heavy atom. The molecule has 1 amide bonds. The van der Waals surface area contributed by atoms with Crippen LogP contribution in [0.15, 0.2) is 18.2 Å². The van der Waals surface area contributed by atoms with Crippen LogP contribution in [0.25, 0.3) is 0 Å². The van der Waals surface area contributed by atoms with Gasteiger partial charge in [-0.3, -0.25) is 4.79 Å². The van der Waals surface area contributed by atoms with Crippen LogP contribution >= 0.6 is 0 Å². The number of benzene rings is 1. The fourth-order valence-electron chi connectivity index (χ4n) is 1.93. The van der Waals surface area contributed by atoms with Gasteiger partial charge in [0, 0.05) is 18.8 Å². The van der Waals surface area contributed by atoms with Gasteiger partial charge >= 0.3 is 0 Å². The fraction of sp³-hybridized carbons (Fsp3) is 0.462. The number of ether oxygens (including phenoxy) is 1. The van der Waals surface area contributed by atoms with Crippen molar-refractivity contribution in [3.8, 4) is 0 Å². The summed E-state index contributed by atoms with van der Waals surface area (Å²) in [7, 11) is 0. The molecule has 1 atom stereocenters. The molecular formula is C13H18N2O2. The minimum absolute atomic E-state index is 0.0558. The number of carbonyl (C=O) groups is 1. The molecule has 1 unspecified atom stereocenters. The number of anilines is 1. The van der Waals surface area contributed by atoms with Gasteiger partial charge in [0.05, 0.1) is 0 Å². The Hall–Kier alpha value is -1.39. The molecule has 3 N–H and O–H groups in total. The van der Waals surface area contributed by atoms with Gasteiger partial charge in [-0.25, -0.2) is 0 Å². The summed E-state index contributed by atoms with van der Waals surface area (Å²) in [5.41, 5.74) is 8.46. The summed E-state index contributed by atoms with van der Waals surface area (Å²) in [4.78, 5) is 11.9. The van der Waals surface area contributed by atoms with E-state index in [9.17, 15) is 4.79 Å². The van der Waals surface area contributed by atoms with Crippen molar-refractivity contribution in [1.82, 2.24) is 0 Å². The zero-order chi connectivity index (χ0) is 12.3. The van der Waals surface area contributed by atoms with E-state index in [-0.39, 0.29) is 12.0 Å². The van der Waals surface area contributed by atoms with E-state index in [1.54, 1.807) is 0 Å². The molecule has 1 saturated heterocycles. The van der Waals surface area contributed by atoms with E-state index >= 15 is 0 Å². The van der Waals surface area contributed by atoms with E-state index in [2.05, 4.69) is 5.32 Å². The van der Waals surface area contributed by atoms with Crippen molar-refractivity contribution in [2.75, 3.05) is 11.9 Å². The highest BCUT2D eigenvalue weighted by molar-refractivity contribution is 5.95. The summed E-state index contributed by atoms with van der Waals surface area (Å²) in [6.45, 7) is 3.12. The minimum Gasteiger partial charge on any atom is -0.368 e. The second kappa shape index (κ2) is 5.29. The van der Waals surface area contributed by atoms with Gasteiger partial charge in [0.2, 0.25) is 0 Å². The van der Waals surface area contributed by atoms with Crippen LogP contribution in [0.1, 0.15) is 24.0 Å². The molecule has 0 aromatic heterocycles. The number of hydrogen-bond donors (Lipinski definition) is 2. The second-order valence-electron chi connectivity index (χ2n) is 4.34. The predicted octanol–water partition coefficient (Wildman–Crippen LogP) is 1.57. The summed E-state index contributed by atoms with van der Waals surface area (Å²) in [5, 5.41) is 2.91. The van der Waals surface area contributed by atoms with Crippen LogP contribution in [0.5, 0.6) is 0 Å². The molecular weight excluding hydrogens is 216 g/mol. The molecule has 1 aliphatic rings.